The zero-order valence-electron chi connectivity index (χ0n) is 8.40. The summed E-state index contributed by atoms with van der Waals surface area (Å²) in [5.41, 5.74) is 1.91. The molecule has 1 saturated heterocycles. The summed E-state index contributed by atoms with van der Waals surface area (Å²) in [4.78, 5) is 13.4. The molecule has 1 atom stereocenters. The van der Waals surface area contributed by atoms with Crippen molar-refractivity contribution in [3.05, 3.63) is 28.8 Å². The summed E-state index contributed by atoms with van der Waals surface area (Å²) in [5, 5.41) is 0.876. The molecule has 15 heavy (non-hydrogen) atoms. The van der Waals surface area contributed by atoms with Gasteiger partial charge in [0.15, 0.2) is 0 Å². The molecule has 1 aliphatic heterocycles. The van der Waals surface area contributed by atoms with Crippen LogP contribution in [0, 0.1) is 6.92 Å². The molecule has 1 aliphatic rings. The van der Waals surface area contributed by atoms with Gasteiger partial charge >= 0.3 is 0 Å². The van der Waals surface area contributed by atoms with Gasteiger partial charge in [0.1, 0.15) is 0 Å². The van der Waals surface area contributed by atoms with Crippen LogP contribution in [0.15, 0.2) is 18.2 Å². The van der Waals surface area contributed by atoms with E-state index in [0.29, 0.717) is 13.0 Å². The molecular weight excluding hydrogens is 230 g/mol. The Morgan fingerprint density at radius 2 is 2.27 bits per heavy atom. The number of halogens is 1. The molecule has 1 fully saturated rings. The third kappa shape index (κ3) is 2.13. The van der Waals surface area contributed by atoms with Crippen molar-refractivity contribution in [3.8, 4) is 0 Å². The summed E-state index contributed by atoms with van der Waals surface area (Å²) in [6, 6.07) is 5.64. The van der Waals surface area contributed by atoms with Crippen molar-refractivity contribution in [1.82, 2.24) is 0 Å². The van der Waals surface area contributed by atoms with Gasteiger partial charge in [-0.15, -0.1) is 0 Å². The lowest BCUT2D eigenvalue weighted by Crippen LogP contribution is -2.24. The summed E-state index contributed by atoms with van der Waals surface area (Å²) < 4.78 is 0. The van der Waals surface area contributed by atoms with E-state index >= 15 is 0 Å². The minimum Gasteiger partial charge on any atom is -0.311 e. The minimum atomic E-state index is 0.136. The Balaban J connectivity index is 2.30. The maximum absolute atomic E-state index is 11.6. The lowest BCUT2D eigenvalue weighted by molar-refractivity contribution is -0.117. The van der Waals surface area contributed by atoms with Crippen LogP contribution >= 0.6 is 24.2 Å². The van der Waals surface area contributed by atoms with Crippen molar-refractivity contribution in [1.29, 1.82) is 0 Å². The van der Waals surface area contributed by atoms with E-state index in [4.69, 9.17) is 11.6 Å². The van der Waals surface area contributed by atoms with E-state index < -0.39 is 0 Å². The number of benzene rings is 1. The van der Waals surface area contributed by atoms with Gasteiger partial charge in [0.25, 0.3) is 0 Å². The van der Waals surface area contributed by atoms with E-state index in [-0.39, 0.29) is 11.2 Å². The van der Waals surface area contributed by atoms with Crippen LogP contribution in [0.25, 0.3) is 0 Å². The molecule has 80 valence electrons. The second kappa shape index (κ2) is 4.06. The van der Waals surface area contributed by atoms with Crippen LogP contribution in [-0.4, -0.2) is 17.7 Å². The van der Waals surface area contributed by atoms with Crippen LogP contribution in [0.2, 0.25) is 5.02 Å². The van der Waals surface area contributed by atoms with E-state index in [2.05, 4.69) is 12.6 Å². The highest BCUT2D eigenvalue weighted by Gasteiger charge is 2.28. The Kier molecular flexibility index (Phi) is 2.94. The largest absolute Gasteiger partial charge is 0.311 e. The predicted octanol–water partition coefficient (Wildman–Crippen LogP) is 2.68. The first-order valence-electron chi connectivity index (χ1n) is 4.82. The van der Waals surface area contributed by atoms with Crippen LogP contribution in [0.3, 0.4) is 0 Å². The Morgan fingerprint density at radius 3 is 2.80 bits per heavy atom. The number of thiol groups is 1. The van der Waals surface area contributed by atoms with Gasteiger partial charge in [0.05, 0.1) is 0 Å². The highest BCUT2D eigenvalue weighted by molar-refractivity contribution is 7.81. The molecule has 0 aliphatic carbocycles. The summed E-state index contributed by atoms with van der Waals surface area (Å²) in [7, 11) is 0. The molecule has 0 bridgehead atoms. The topological polar surface area (TPSA) is 20.3 Å². The number of hydrogen-bond acceptors (Lipinski definition) is 2. The van der Waals surface area contributed by atoms with Gasteiger partial charge in [-0.3, -0.25) is 4.79 Å². The summed E-state index contributed by atoms with van der Waals surface area (Å²) in [5.74, 6) is 0.136. The van der Waals surface area contributed by atoms with Crippen LogP contribution in [0.1, 0.15) is 12.0 Å². The monoisotopic (exact) mass is 241 g/mol. The maximum Gasteiger partial charge on any atom is 0.228 e. The Labute approximate surface area is 99.6 Å². The molecular formula is C11H12ClNOS. The molecule has 0 radical (unpaired) electrons. The maximum atomic E-state index is 11.6. The zero-order valence-corrected chi connectivity index (χ0v) is 10.1. The average molecular weight is 242 g/mol. The third-order valence-corrected chi connectivity index (χ3v) is 3.33. The van der Waals surface area contributed by atoms with Gasteiger partial charge in [-0.25, -0.2) is 0 Å². The first-order valence-corrected chi connectivity index (χ1v) is 5.72. The Hall–Kier alpha value is -0.670. The van der Waals surface area contributed by atoms with Crippen molar-refractivity contribution < 1.29 is 4.79 Å². The molecule has 1 aromatic carbocycles. The lowest BCUT2D eigenvalue weighted by Gasteiger charge is -2.16. The Bertz CT molecular complexity index is 408. The Morgan fingerprint density at radius 1 is 1.53 bits per heavy atom. The van der Waals surface area contributed by atoms with Gasteiger partial charge in [-0.05, 0) is 30.7 Å². The molecule has 2 nitrogen and oxygen atoms in total. The van der Waals surface area contributed by atoms with E-state index in [1.165, 1.54) is 0 Å². The van der Waals surface area contributed by atoms with Gasteiger partial charge in [-0.2, -0.15) is 12.6 Å². The average Bonchev–Trinajstić information content (AvgIpc) is 2.50. The van der Waals surface area contributed by atoms with Crippen molar-refractivity contribution in [2.75, 3.05) is 11.4 Å². The predicted molar refractivity (Wildman–Crippen MR) is 65.9 cm³/mol. The van der Waals surface area contributed by atoms with E-state index in [0.717, 1.165) is 16.3 Å². The summed E-state index contributed by atoms with van der Waals surface area (Å²) in [6.45, 7) is 2.62. The SMILES string of the molecule is Cc1cc(N2CC(S)CC2=O)ccc1Cl. The van der Waals surface area contributed by atoms with Crippen molar-refractivity contribution >= 4 is 35.8 Å². The number of nitrogens with zero attached hydrogens (tertiary/aromatic N) is 1. The van der Waals surface area contributed by atoms with Gasteiger partial charge in [-0.1, -0.05) is 11.6 Å². The fourth-order valence-corrected chi connectivity index (χ4v) is 2.17. The van der Waals surface area contributed by atoms with E-state index in [1.54, 1.807) is 4.90 Å². The minimum absolute atomic E-state index is 0.136. The normalized spacial score (nSPS) is 21.1. The molecule has 1 heterocycles. The first-order chi connectivity index (χ1) is 7.08. The molecule has 1 unspecified atom stereocenters. The first kappa shape index (κ1) is 10.8. The summed E-state index contributed by atoms with van der Waals surface area (Å²) in [6.07, 6.45) is 0.519. The number of hydrogen-bond donors (Lipinski definition) is 1. The van der Waals surface area contributed by atoms with E-state index in [9.17, 15) is 4.79 Å². The zero-order chi connectivity index (χ0) is 11.0. The standard InChI is InChI=1S/C11H12ClNOS/c1-7-4-8(2-3-10(7)12)13-6-9(15)5-11(13)14/h2-4,9,15H,5-6H2,1H3. The highest BCUT2D eigenvalue weighted by Crippen LogP contribution is 2.27. The second-order valence-corrected chi connectivity index (χ2v) is 4.93. The molecule has 0 aromatic heterocycles. The van der Waals surface area contributed by atoms with Crippen LogP contribution in [0.5, 0.6) is 0 Å². The second-order valence-electron chi connectivity index (χ2n) is 3.80. The van der Waals surface area contributed by atoms with Crippen LogP contribution in [-0.2, 0) is 4.79 Å². The number of carbonyl (C=O) groups is 1. The number of carbonyl (C=O) groups excluding carboxylic acids is 1. The van der Waals surface area contributed by atoms with Crippen molar-refractivity contribution in [3.63, 3.8) is 0 Å². The fourth-order valence-electron chi connectivity index (χ4n) is 1.74. The third-order valence-electron chi connectivity index (χ3n) is 2.56. The smallest absolute Gasteiger partial charge is 0.228 e. The van der Waals surface area contributed by atoms with Gasteiger partial charge in [0, 0.05) is 28.9 Å². The van der Waals surface area contributed by atoms with E-state index in [1.807, 2.05) is 25.1 Å². The quantitative estimate of drug-likeness (QED) is 0.750. The highest BCUT2D eigenvalue weighted by atomic mass is 35.5. The number of amides is 1. The van der Waals surface area contributed by atoms with Crippen molar-refractivity contribution in [2.45, 2.75) is 18.6 Å². The number of anilines is 1. The molecule has 2 rings (SSSR count). The van der Waals surface area contributed by atoms with Gasteiger partial charge in [0.2, 0.25) is 5.91 Å². The molecule has 0 N–H and O–H groups in total. The van der Waals surface area contributed by atoms with Crippen LogP contribution in [0.4, 0.5) is 5.69 Å². The number of rotatable bonds is 1. The summed E-state index contributed by atoms with van der Waals surface area (Å²) >= 11 is 10.3. The van der Waals surface area contributed by atoms with Gasteiger partial charge < -0.3 is 4.90 Å². The lowest BCUT2D eigenvalue weighted by atomic mass is 10.2. The number of aryl methyl sites for hydroxylation is 1. The fraction of sp³-hybridized carbons (Fsp3) is 0.364. The molecule has 1 aromatic rings. The molecule has 0 saturated carbocycles. The molecule has 4 heteroatoms. The van der Waals surface area contributed by atoms with Crippen LogP contribution < -0.4 is 4.90 Å². The van der Waals surface area contributed by atoms with Crippen molar-refractivity contribution in [2.24, 2.45) is 0 Å². The molecule has 0 spiro atoms. The molecule has 1 amide bonds.